The molecule has 0 aromatic rings. The van der Waals surface area contributed by atoms with Crippen molar-refractivity contribution in [3.8, 4) is 0 Å². The molecule has 0 saturated heterocycles. The van der Waals surface area contributed by atoms with Gasteiger partial charge in [-0.15, -0.1) is 6.58 Å². The van der Waals surface area contributed by atoms with Gasteiger partial charge in [-0.2, -0.15) is 0 Å². The van der Waals surface area contributed by atoms with Crippen LogP contribution in [0.1, 0.15) is 12.8 Å². The third kappa shape index (κ3) is 1.32. The molecule has 13 heavy (non-hydrogen) atoms. The molecule has 2 unspecified atom stereocenters. The summed E-state index contributed by atoms with van der Waals surface area (Å²) in [5.41, 5.74) is -1.18. The second-order valence-corrected chi connectivity index (χ2v) is 3.28. The van der Waals surface area contributed by atoms with E-state index in [0.717, 1.165) is 0 Å². The molecule has 4 heteroatoms. The minimum absolute atomic E-state index is 0.0811. The first kappa shape index (κ1) is 9.77. The van der Waals surface area contributed by atoms with Crippen molar-refractivity contribution in [1.29, 1.82) is 0 Å². The van der Waals surface area contributed by atoms with Gasteiger partial charge in [-0.1, -0.05) is 6.08 Å². The smallest absolute Gasteiger partial charge is 0.319 e. The Hall–Kier alpha value is -1.32. The van der Waals surface area contributed by atoms with Gasteiger partial charge in [0.15, 0.2) is 0 Å². The summed E-state index contributed by atoms with van der Waals surface area (Å²) in [6.07, 6.45) is 2.66. The number of carbonyl (C=O) groups excluding carboxylic acids is 1. The van der Waals surface area contributed by atoms with Crippen LogP contribution < -0.4 is 5.32 Å². The minimum atomic E-state index is -1.18. The first-order valence-electron chi connectivity index (χ1n) is 4.16. The van der Waals surface area contributed by atoms with E-state index < -0.39 is 17.3 Å². The van der Waals surface area contributed by atoms with Gasteiger partial charge in [-0.3, -0.25) is 9.59 Å². The van der Waals surface area contributed by atoms with Gasteiger partial charge < -0.3 is 10.4 Å². The molecule has 0 radical (unpaired) electrons. The second-order valence-electron chi connectivity index (χ2n) is 3.28. The van der Waals surface area contributed by atoms with E-state index in [2.05, 4.69) is 11.9 Å². The topological polar surface area (TPSA) is 66.4 Å². The third-order valence-corrected chi connectivity index (χ3v) is 2.57. The lowest BCUT2D eigenvalue weighted by atomic mass is 10.0. The number of aliphatic carboxylic acids is 1. The molecule has 0 aromatic carbocycles. The Bertz CT molecular complexity index is 262. The van der Waals surface area contributed by atoms with E-state index in [4.69, 9.17) is 5.11 Å². The summed E-state index contributed by atoms with van der Waals surface area (Å²) < 4.78 is 0. The number of carboxylic acids is 1. The summed E-state index contributed by atoms with van der Waals surface area (Å²) in [6, 6.07) is 0. The zero-order chi connectivity index (χ0) is 10.1. The monoisotopic (exact) mass is 183 g/mol. The highest BCUT2D eigenvalue weighted by molar-refractivity contribution is 6.05. The fourth-order valence-corrected chi connectivity index (χ4v) is 1.68. The van der Waals surface area contributed by atoms with Gasteiger partial charge in [0.2, 0.25) is 5.91 Å². The second kappa shape index (κ2) is 3.20. The van der Waals surface area contributed by atoms with Crippen LogP contribution >= 0.6 is 0 Å². The number of carboxylic acid groups (broad SMARTS) is 1. The zero-order valence-electron chi connectivity index (χ0n) is 7.54. The summed E-state index contributed by atoms with van der Waals surface area (Å²) in [4.78, 5) is 22.2. The molecule has 1 aliphatic carbocycles. The van der Waals surface area contributed by atoms with Crippen molar-refractivity contribution < 1.29 is 14.7 Å². The summed E-state index contributed by atoms with van der Waals surface area (Å²) in [5, 5.41) is 11.3. The summed E-state index contributed by atoms with van der Waals surface area (Å²) in [7, 11) is 1.45. The molecule has 0 bridgehead atoms. The van der Waals surface area contributed by atoms with E-state index >= 15 is 0 Å². The van der Waals surface area contributed by atoms with Crippen molar-refractivity contribution in [1.82, 2.24) is 5.32 Å². The maximum atomic E-state index is 11.3. The van der Waals surface area contributed by atoms with Gasteiger partial charge in [-0.05, 0) is 18.8 Å². The maximum absolute atomic E-state index is 11.3. The molecule has 1 rings (SSSR count). The summed E-state index contributed by atoms with van der Waals surface area (Å²) >= 11 is 0. The molecule has 0 heterocycles. The van der Waals surface area contributed by atoms with Gasteiger partial charge in [0.1, 0.15) is 5.41 Å². The molecule has 4 nitrogen and oxygen atoms in total. The van der Waals surface area contributed by atoms with Crippen LogP contribution in [0.15, 0.2) is 12.7 Å². The van der Waals surface area contributed by atoms with E-state index in [-0.39, 0.29) is 5.92 Å². The number of hydrogen-bond acceptors (Lipinski definition) is 2. The van der Waals surface area contributed by atoms with Gasteiger partial charge in [0.25, 0.3) is 0 Å². The summed E-state index contributed by atoms with van der Waals surface area (Å²) in [6.45, 7) is 3.53. The molecule has 1 amide bonds. The predicted octanol–water partition coefficient (Wildman–Crippen LogP) is 0.399. The SMILES string of the molecule is C=CCC1CC1(C(=O)O)C(=O)NC. The Morgan fingerprint density at radius 3 is 2.77 bits per heavy atom. The van der Waals surface area contributed by atoms with Gasteiger partial charge in [0.05, 0.1) is 0 Å². The Kier molecular flexibility index (Phi) is 2.40. The quantitative estimate of drug-likeness (QED) is 0.489. The van der Waals surface area contributed by atoms with Crippen molar-refractivity contribution in [2.45, 2.75) is 12.8 Å². The van der Waals surface area contributed by atoms with Gasteiger partial charge in [0, 0.05) is 7.05 Å². The largest absolute Gasteiger partial charge is 0.480 e. The average molecular weight is 183 g/mol. The van der Waals surface area contributed by atoms with Crippen LogP contribution in [0.2, 0.25) is 0 Å². The number of rotatable bonds is 4. The minimum Gasteiger partial charge on any atom is -0.480 e. The van der Waals surface area contributed by atoms with Crippen molar-refractivity contribution >= 4 is 11.9 Å². The molecule has 1 saturated carbocycles. The van der Waals surface area contributed by atoms with Crippen LogP contribution in [0, 0.1) is 11.3 Å². The number of amides is 1. The van der Waals surface area contributed by atoms with Crippen LogP contribution in [-0.4, -0.2) is 24.0 Å². The normalized spacial score (nSPS) is 30.7. The van der Waals surface area contributed by atoms with Crippen LogP contribution in [0.3, 0.4) is 0 Å². The lowest BCUT2D eigenvalue weighted by Crippen LogP contribution is -2.36. The molecular weight excluding hydrogens is 170 g/mol. The van der Waals surface area contributed by atoms with E-state index in [9.17, 15) is 9.59 Å². The highest BCUT2D eigenvalue weighted by atomic mass is 16.4. The molecule has 72 valence electrons. The predicted molar refractivity (Wildman–Crippen MR) is 47.1 cm³/mol. The Morgan fingerprint density at radius 2 is 2.38 bits per heavy atom. The maximum Gasteiger partial charge on any atom is 0.319 e. The lowest BCUT2D eigenvalue weighted by molar-refractivity contribution is -0.149. The first-order chi connectivity index (χ1) is 6.09. The molecular formula is C9H13NO3. The number of allylic oxidation sites excluding steroid dienone is 1. The Balaban J connectivity index is 2.77. The highest BCUT2D eigenvalue weighted by Gasteiger charge is 2.65. The Morgan fingerprint density at radius 1 is 1.77 bits per heavy atom. The van der Waals surface area contributed by atoms with Gasteiger partial charge in [-0.25, -0.2) is 0 Å². The van der Waals surface area contributed by atoms with Gasteiger partial charge >= 0.3 is 5.97 Å². The molecule has 2 atom stereocenters. The molecule has 1 fully saturated rings. The van der Waals surface area contributed by atoms with Crippen molar-refractivity contribution in [3.05, 3.63) is 12.7 Å². The fraction of sp³-hybridized carbons (Fsp3) is 0.556. The van der Waals surface area contributed by atoms with E-state index in [1.807, 2.05) is 0 Å². The van der Waals surface area contributed by atoms with E-state index in [1.54, 1.807) is 6.08 Å². The number of carbonyl (C=O) groups is 2. The fourth-order valence-electron chi connectivity index (χ4n) is 1.68. The summed E-state index contributed by atoms with van der Waals surface area (Å²) in [5.74, 6) is -1.51. The van der Waals surface area contributed by atoms with Crippen LogP contribution in [0.5, 0.6) is 0 Å². The third-order valence-electron chi connectivity index (χ3n) is 2.57. The van der Waals surface area contributed by atoms with Crippen molar-refractivity contribution in [2.75, 3.05) is 7.05 Å². The standard InChI is InChI=1S/C9H13NO3/c1-3-4-6-5-9(6,8(12)13)7(11)10-2/h3,6H,1,4-5H2,2H3,(H,10,11)(H,12,13). The van der Waals surface area contributed by atoms with Crippen LogP contribution in [0.4, 0.5) is 0 Å². The molecule has 0 aromatic heterocycles. The number of nitrogens with one attached hydrogen (secondary N) is 1. The lowest BCUT2D eigenvalue weighted by Gasteiger charge is -2.09. The van der Waals surface area contributed by atoms with Crippen LogP contribution in [0.25, 0.3) is 0 Å². The first-order valence-corrected chi connectivity index (χ1v) is 4.16. The van der Waals surface area contributed by atoms with E-state index in [1.165, 1.54) is 7.05 Å². The number of hydrogen-bond donors (Lipinski definition) is 2. The van der Waals surface area contributed by atoms with Crippen molar-refractivity contribution in [2.24, 2.45) is 11.3 Å². The van der Waals surface area contributed by atoms with E-state index in [0.29, 0.717) is 12.8 Å². The highest BCUT2D eigenvalue weighted by Crippen LogP contribution is 2.55. The molecule has 0 spiro atoms. The Labute approximate surface area is 76.6 Å². The molecule has 2 N–H and O–H groups in total. The molecule has 1 aliphatic rings. The van der Waals surface area contributed by atoms with Crippen LogP contribution in [-0.2, 0) is 9.59 Å². The van der Waals surface area contributed by atoms with Crippen molar-refractivity contribution in [3.63, 3.8) is 0 Å². The molecule has 0 aliphatic heterocycles. The average Bonchev–Trinajstić information content (AvgIpc) is 2.80. The zero-order valence-corrected chi connectivity index (χ0v) is 7.54.